The molecule has 96 valence electrons. The van der Waals surface area contributed by atoms with Crippen molar-refractivity contribution in [3.8, 4) is 0 Å². The Labute approximate surface area is 116 Å². The van der Waals surface area contributed by atoms with Crippen molar-refractivity contribution in [3.63, 3.8) is 0 Å². The number of hydrogen-bond donors (Lipinski definition) is 1. The van der Waals surface area contributed by atoms with Crippen LogP contribution in [0.3, 0.4) is 0 Å². The van der Waals surface area contributed by atoms with Gasteiger partial charge in [-0.3, -0.25) is 0 Å². The van der Waals surface area contributed by atoms with Crippen LogP contribution in [0.4, 0.5) is 0 Å². The molecule has 1 heterocycles. The van der Waals surface area contributed by atoms with Gasteiger partial charge in [0.05, 0.1) is 18.5 Å². The zero-order chi connectivity index (χ0) is 12.6. The summed E-state index contributed by atoms with van der Waals surface area (Å²) in [5.41, 5.74) is 2.99. The zero-order valence-corrected chi connectivity index (χ0v) is 11.9. The van der Waals surface area contributed by atoms with Gasteiger partial charge in [-0.1, -0.05) is 22.0 Å². The van der Waals surface area contributed by atoms with Crippen LogP contribution >= 0.6 is 15.9 Å². The monoisotopic (exact) mass is 308 g/mol. The van der Waals surface area contributed by atoms with Crippen LogP contribution in [0, 0.1) is 0 Å². The van der Waals surface area contributed by atoms with Gasteiger partial charge in [-0.2, -0.15) is 0 Å². The van der Waals surface area contributed by atoms with Gasteiger partial charge in [0.15, 0.2) is 0 Å². The number of benzene rings is 1. The Balaban J connectivity index is 1.89. The Bertz CT molecular complexity index is 495. The van der Waals surface area contributed by atoms with Crippen molar-refractivity contribution in [3.05, 3.63) is 45.6 Å². The summed E-state index contributed by atoms with van der Waals surface area (Å²) >= 11 is 3.50. The molecule has 0 fully saturated rings. The number of ether oxygens (including phenoxy) is 1. The molecule has 1 atom stereocenters. The number of halogens is 1. The first-order valence-electron chi connectivity index (χ1n) is 6.48. The summed E-state index contributed by atoms with van der Waals surface area (Å²) in [6, 6.07) is 6.34. The Hall–Kier alpha value is -0.800. The molecule has 1 aliphatic carbocycles. The van der Waals surface area contributed by atoms with Gasteiger partial charge in [0.2, 0.25) is 0 Å². The summed E-state index contributed by atoms with van der Waals surface area (Å²) in [4.78, 5) is 0. The predicted octanol–water partition coefficient (Wildman–Crippen LogP) is 3.36. The third-order valence-electron chi connectivity index (χ3n) is 3.99. The molecule has 0 spiro atoms. The van der Waals surface area contributed by atoms with Crippen molar-refractivity contribution in [2.75, 3.05) is 6.61 Å². The molecule has 2 aliphatic rings. The quantitative estimate of drug-likeness (QED) is 0.862. The van der Waals surface area contributed by atoms with E-state index in [1.807, 2.05) is 0 Å². The second-order valence-electron chi connectivity index (χ2n) is 5.24. The van der Waals surface area contributed by atoms with Gasteiger partial charge in [-0.15, -0.1) is 0 Å². The highest BCUT2D eigenvalue weighted by Crippen LogP contribution is 2.37. The fourth-order valence-electron chi connectivity index (χ4n) is 2.93. The van der Waals surface area contributed by atoms with Gasteiger partial charge >= 0.3 is 0 Å². The second-order valence-corrected chi connectivity index (χ2v) is 6.15. The lowest BCUT2D eigenvalue weighted by Gasteiger charge is -2.36. The topological polar surface area (TPSA) is 29.5 Å². The second kappa shape index (κ2) is 4.71. The minimum absolute atomic E-state index is 0.693. The molecule has 0 bridgehead atoms. The smallest absolute Gasteiger partial charge is 0.0932 e. The fraction of sp³-hybridized carbons (Fsp3) is 0.467. The van der Waals surface area contributed by atoms with Crippen molar-refractivity contribution in [1.82, 2.24) is 0 Å². The van der Waals surface area contributed by atoms with Crippen LogP contribution in [0.15, 0.2) is 34.5 Å². The maximum absolute atomic E-state index is 10.9. The minimum atomic E-state index is -0.693. The maximum atomic E-state index is 10.9. The van der Waals surface area contributed by atoms with Gasteiger partial charge in [0.1, 0.15) is 0 Å². The summed E-state index contributed by atoms with van der Waals surface area (Å²) in [6.07, 6.45) is 6.20. The molecule has 3 heteroatoms. The van der Waals surface area contributed by atoms with Crippen LogP contribution in [0.1, 0.15) is 30.4 Å². The lowest BCUT2D eigenvalue weighted by Crippen LogP contribution is -2.38. The first-order valence-corrected chi connectivity index (χ1v) is 7.27. The molecule has 0 amide bonds. The van der Waals surface area contributed by atoms with Crippen molar-refractivity contribution in [2.45, 2.75) is 37.7 Å². The number of rotatable bonds is 1. The largest absolute Gasteiger partial charge is 0.501 e. The summed E-state index contributed by atoms with van der Waals surface area (Å²) in [6.45, 7) is 0.781. The Morgan fingerprint density at radius 2 is 2.11 bits per heavy atom. The van der Waals surface area contributed by atoms with Gasteiger partial charge < -0.3 is 9.84 Å². The molecule has 18 heavy (non-hydrogen) atoms. The molecule has 1 aromatic carbocycles. The fourth-order valence-corrected chi connectivity index (χ4v) is 3.33. The van der Waals surface area contributed by atoms with E-state index in [2.05, 4.69) is 34.1 Å². The van der Waals surface area contributed by atoms with Crippen molar-refractivity contribution in [1.29, 1.82) is 0 Å². The van der Waals surface area contributed by atoms with Crippen molar-refractivity contribution in [2.24, 2.45) is 0 Å². The first kappa shape index (κ1) is 12.2. The van der Waals surface area contributed by atoms with Crippen LogP contribution in [0.25, 0.3) is 0 Å². The molecular formula is C15H17BrO2. The molecule has 0 saturated carbocycles. The van der Waals surface area contributed by atoms with E-state index in [4.69, 9.17) is 4.74 Å². The normalized spacial score (nSPS) is 27.1. The van der Waals surface area contributed by atoms with Gasteiger partial charge in [-0.25, -0.2) is 0 Å². The number of aryl methyl sites for hydroxylation is 1. The molecule has 0 radical (unpaired) electrons. The molecular weight excluding hydrogens is 292 g/mol. The number of hydrogen-bond acceptors (Lipinski definition) is 2. The third-order valence-corrected chi connectivity index (χ3v) is 4.48. The number of fused-ring (bicyclic) bond motifs is 1. The molecule has 1 aromatic rings. The van der Waals surface area contributed by atoms with E-state index in [9.17, 15) is 5.11 Å². The van der Waals surface area contributed by atoms with Crippen molar-refractivity contribution < 1.29 is 9.84 Å². The van der Waals surface area contributed by atoms with Gasteiger partial charge in [-0.05, 0) is 54.5 Å². The van der Waals surface area contributed by atoms with Crippen LogP contribution in [-0.4, -0.2) is 17.3 Å². The van der Waals surface area contributed by atoms with Crippen LogP contribution in [-0.2, 0) is 17.6 Å². The standard InChI is InChI=1S/C15H17BrO2/c16-14-4-3-12-9-15(17,6-5-11(12)8-14)13-2-1-7-18-10-13/h3-4,8,10,17H,1-2,5-7,9H2. The van der Waals surface area contributed by atoms with E-state index >= 15 is 0 Å². The molecule has 3 rings (SSSR count). The maximum Gasteiger partial charge on any atom is 0.0932 e. The molecule has 1 aliphatic heterocycles. The highest BCUT2D eigenvalue weighted by molar-refractivity contribution is 9.10. The minimum Gasteiger partial charge on any atom is -0.501 e. The molecule has 2 nitrogen and oxygen atoms in total. The third kappa shape index (κ3) is 2.21. The van der Waals surface area contributed by atoms with E-state index < -0.39 is 5.60 Å². The average Bonchev–Trinajstić information content (AvgIpc) is 2.40. The summed E-state index contributed by atoms with van der Waals surface area (Å²) in [5.74, 6) is 0. The highest BCUT2D eigenvalue weighted by atomic mass is 79.9. The summed E-state index contributed by atoms with van der Waals surface area (Å²) in [5, 5.41) is 10.9. The molecule has 0 aromatic heterocycles. The van der Waals surface area contributed by atoms with Gasteiger partial charge in [0.25, 0.3) is 0 Å². The SMILES string of the molecule is OC1(C2=COCCC2)CCc2cc(Br)ccc2C1. The van der Waals surface area contributed by atoms with Gasteiger partial charge in [0, 0.05) is 10.9 Å². The Morgan fingerprint density at radius 3 is 2.89 bits per heavy atom. The molecule has 1 unspecified atom stereocenters. The molecule has 1 N–H and O–H groups in total. The number of aliphatic hydroxyl groups is 1. The van der Waals surface area contributed by atoms with E-state index in [-0.39, 0.29) is 0 Å². The van der Waals surface area contributed by atoms with Crippen LogP contribution in [0.2, 0.25) is 0 Å². The van der Waals surface area contributed by atoms with Crippen LogP contribution in [0.5, 0.6) is 0 Å². The lowest BCUT2D eigenvalue weighted by atomic mass is 9.75. The predicted molar refractivity (Wildman–Crippen MR) is 74.4 cm³/mol. The van der Waals surface area contributed by atoms with Crippen LogP contribution < -0.4 is 0 Å². The highest BCUT2D eigenvalue weighted by Gasteiger charge is 2.36. The zero-order valence-electron chi connectivity index (χ0n) is 10.3. The van der Waals surface area contributed by atoms with E-state index in [0.717, 1.165) is 42.3 Å². The Morgan fingerprint density at radius 1 is 1.22 bits per heavy atom. The van der Waals surface area contributed by atoms with Crippen molar-refractivity contribution >= 4 is 15.9 Å². The molecule has 0 saturated heterocycles. The average molecular weight is 309 g/mol. The van der Waals surface area contributed by atoms with E-state index in [1.54, 1.807) is 6.26 Å². The summed E-state index contributed by atoms with van der Waals surface area (Å²) < 4.78 is 6.50. The van der Waals surface area contributed by atoms with E-state index in [0.29, 0.717) is 6.42 Å². The van der Waals surface area contributed by atoms with E-state index in [1.165, 1.54) is 11.1 Å². The lowest BCUT2D eigenvalue weighted by molar-refractivity contribution is 0.0491. The summed E-state index contributed by atoms with van der Waals surface area (Å²) in [7, 11) is 0. The first-order chi connectivity index (χ1) is 8.67. The Kier molecular flexibility index (Phi) is 3.20.